The predicted molar refractivity (Wildman–Crippen MR) is 68.3 cm³/mol. The van der Waals surface area contributed by atoms with Crippen molar-refractivity contribution >= 4 is 5.91 Å². The monoisotopic (exact) mass is 236 g/mol. The van der Waals surface area contributed by atoms with Crippen molar-refractivity contribution in [2.24, 2.45) is 5.92 Å². The molecular weight excluding hydrogens is 216 g/mol. The molecule has 0 saturated heterocycles. The van der Waals surface area contributed by atoms with Crippen LogP contribution < -0.4 is 10.6 Å². The molecule has 0 fully saturated rings. The summed E-state index contributed by atoms with van der Waals surface area (Å²) in [4.78, 5) is 11.8. The number of hydrogen-bond donors (Lipinski definition) is 3. The number of phenolic OH excluding ortho intramolecular Hbond substituents is 1. The van der Waals surface area contributed by atoms with Crippen LogP contribution in [0.25, 0.3) is 0 Å². The molecule has 94 valence electrons. The molecule has 0 bridgehead atoms. The first-order valence-electron chi connectivity index (χ1n) is 5.77. The van der Waals surface area contributed by atoms with Gasteiger partial charge in [-0.1, -0.05) is 13.0 Å². The van der Waals surface area contributed by atoms with Crippen LogP contribution in [0.3, 0.4) is 0 Å². The van der Waals surface area contributed by atoms with Crippen LogP contribution >= 0.6 is 0 Å². The number of rotatable bonds is 5. The fraction of sp³-hybridized carbons (Fsp3) is 0.462. The molecule has 17 heavy (non-hydrogen) atoms. The van der Waals surface area contributed by atoms with E-state index in [1.54, 1.807) is 12.1 Å². The summed E-state index contributed by atoms with van der Waals surface area (Å²) < 4.78 is 0. The highest BCUT2D eigenvalue weighted by Crippen LogP contribution is 2.18. The Morgan fingerprint density at radius 1 is 1.41 bits per heavy atom. The Kier molecular flexibility index (Phi) is 4.97. The highest BCUT2D eigenvalue weighted by molar-refractivity contribution is 5.96. The highest BCUT2D eigenvalue weighted by atomic mass is 16.3. The number of phenols is 1. The van der Waals surface area contributed by atoms with E-state index < -0.39 is 0 Å². The Hall–Kier alpha value is -1.55. The molecule has 0 aliphatic rings. The van der Waals surface area contributed by atoms with Crippen LogP contribution in [0.4, 0.5) is 0 Å². The van der Waals surface area contributed by atoms with Crippen LogP contribution in [-0.4, -0.2) is 31.2 Å². The van der Waals surface area contributed by atoms with Crippen molar-refractivity contribution in [1.29, 1.82) is 0 Å². The molecule has 1 atom stereocenters. The summed E-state index contributed by atoms with van der Waals surface area (Å²) in [5.41, 5.74) is 1.26. The predicted octanol–water partition coefficient (Wildman–Crippen LogP) is 1.29. The molecule has 1 amide bonds. The minimum absolute atomic E-state index is 0.0313. The van der Waals surface area contributed by atoms with Gasteiger partial charge < -0.3 is 15.7 Å². The van der Waals surface area contributed by atoms with E-state index in [-0.39, 0.29) is 11.7 Å². The second-order valence-electron chi connectivity index (χ2n) is 4.39. The maximum Gasteiger partial charge on any atom is 0.255 e. The maximum absolute atomic E-state index is 11.8. The fourth-order valence-corrected chi connectivity index (χ4v) is 1.62. The van der Waals surface area contributed by atoms with E-state index in [4.69, 9.17) is 0 Å². The fourth-order valence-electron chi connectivity index (χ4n) is 1.62. The molecule has 3 N–H and O–H groups in total. The van der Waals surface area contributed by atoms with Crippen molar-refractivity contribution in [2.75, 3.05) is 20.1 Å². The van der Waals surface area contributed by atoms with Gasteiger partial charge in [-0.25, -0.2) is 0 Å². The van der Waals surface area contributed by atoms with Crippen LogP contribution in [0.15, 0.2) is 18.2 Å². The Morgan fingerprint density at radius 2 is 2.12 bits per heavy atom. The first-order valence-corrected chi connectivity index (χ1v) is 5.77. The van der Waals surface area contributed by atoms with Gasteiger partial charge >= 0.3 is 0 Å². The third-order valence-electron chi connectivity index (χ3n) is 2.56. The average Bonchev–Trinajstić information content (AvgIpc) is 2.26. The van der Waals surface area contributed by atoms with E-state index >= 15 is 0 Å². The van der Waals surface area contributed by atoms with E-state index in [1.165, 1.54) is 0 Å². The molecule has 0 heterocycles. The van der Waals surface area contributed by atoms with Crippen molar-refractivity contribution in [3.05, 3.63) is 29.3 Å². The average molecular weight is 236 g/mol. The normalized spacial score (nSPS) is 12.2. The summed E-state index contributed by atoms with van der Waals surface area (Å²) in [6.07, 6.45) is 0. The molecule has 1 aromatic carbocycles. The van der Waals surface area contributed by atoms with Crippen molar-refractivity contribution in [2.45, 2.75) is 13.8 Å². The topological polar surface area (TPSA) is 61.4 Å². The van der Waals surface area contributed by atoms with Crippen LogP contribution in [0.1, 0.15) is 22.8 Å². The number of amides is 1. The van der Waals surface area contributed by atoms with Gasteiger partial charge in [-0.2, -0.15) is 0 Å². The second-order valence-corrected chi connectivity index (χ2v) is 4.39. The van der Waals surface area contributed by atoms with Gasteiger partial charge in [0.1, 0.15) is 5.75 Å². The number of aryl methyl sites for hydroxylation is 1. The third-order valence-corrected chi connectivity index (χ3v) is 2.56. The number of carbonyl (C=O) groups excluding carboxylic acids is 1. The van der Waals surface area contributed by atoms with Gasteiger partial charge in [0.15, 0.2) is 0 Å². The van der Waals surface area contributed by atoms with Crippen LogP contribution in [-0.2, 0) is 0 Å². The molecule has 0 radical (unpaired) electrons. The standard InChI is InChI=1S/C13H20N2O2/c1-9-4-5-11(12(16)6-9)13(17)15-8-10(2)7-14-3/h4-6,10,14,16H,7-8H2,1-3H3,(H,15,17). The summed E-state index contributed by atoms with van der Waals surface area (Å²) in [6, 6.07) is 5.04. The number of nitrogens with one attached hydrogen (secondary N) is 2. The van der Waals surface area contributed by atoms with Gasteiger partial charge in [0.05, 0.1) is 5.56 Å². The Morgan fingerprint density at radius 3 is 2.71 bits per heavy atom. The zero-order valence-electron chi connectivity index (χ0n) is 10.6. The van der Waals surface area contributed by atoms with Gasteiger partial charge in [0.25, 0.3) is 5.91 Å². The Bertz CT molecular complexity index is 391. The van der Waals surface area contributed by atoms with Crippen molar-refractivity contribution in [3.63, 3.8) is 0 Å². The second kappa shape index (κ2) is 6.25. The van der Waals surface area contributed by atoms with E-state index in [2.05, 4.69) is 10.6 Å². The number of carbonyl (C=O) groups is 1. The van der Waals surface area contributed by atoms with E-state index in [0.717, 1.165) is 12.1 Å². The lowest BCUT2D eigenvalue weighted by Gasteiger charge is -2.12. The molecule has 0 saturated carbocycles. The van der Waals surface area contributed by atoms with Crippen molar-refractivity contribution < 1.29 is 9.90 Å². The zero-order valence-corrected chi connectivity index (χ0v) is 10.6. The quantitative estimate of drug-likeness (QED) is 0.722. The maximum atomic E-state index is 11.8. The first-order chi connectivity index (χ1) is 8.04. The zero-order chi connectivity index (χ0) is 12.8. The third kappa shape index (κ3) is 4.07. The number of benzene rings is 1. The van der Waals surface area contributed by atoms with E-state index in [0.29, 0.717) is 18.0 Å². The minimum atomic E-state index is -0.231. The van der Waals surface area contributed by atoms with Crippen molar-refractivity contribution in [1.82, 2.24) is 10.6 Å². The number of hydrogen-bond acceptors (Lipinski definition) is 3. The molecule has 0 aromatic heterocycles. The lowest BCUT2D eigenvalue weighted by molar-refractivity contribution is 0.0945. The van der Waals surface area contributed by atoms with Crippen LogP contribution in [0, 0.1) is 12.8 Å². The minimum Gasteiger partial charge on any atom is -0.507 e. The molecule has 0 aliphatic heterocycles. The summed E-state index contributed by atoms with van der Waals surface area (Å²) in [6.45, 7) is 5.36. The summed E-state index contributed by atoms with van der Waals surface area (Å²) >= 11 is 0. The first kappa shape index (κ1) is 13.5. The molecule has 4 nitrogen and oxygen atoms in total. The molecule has 4 heteroatoms. The van der Waals surface area contributed by atoms with Gasteiger partial charge in [-0.15, -0.1) is 0 Å². The summed E-state index contributed by atoms with van der Waals surface area (Å²) in [5.74, 6) is 0.158. The lowest BCUT2D eigenvalue weighted by atomic mass is 10.1. The van der Waals surface area contributed by atoms with Crippen molar-refractivity contribution in [3.8, 4) is 5.75 Å². The van der Waals surface area contributed by atoms with E-state index in [1.807, 2.05) is 27.0 Å². The molecular formula is C13H20N2O2. The largest absolute Gasteiger partial charge is 0.507 e. The molecule has 1 aromatic rings. The van der Waals surface area contributed by atoms with Crippen LogP contribution in [0.2, 0.25) is 0 Å². The molecule has 0 spiro atoms. The van der Waals surface area contributed by atoms with Gasteiger partial charge in [-0.3, -0.25) is 4.79 Å². The Labute approximate surface area is 102 Å². The molecule has 0 aliphatic carbocycles. The van der Waals surface area contributed by atoms with E-state index in [9.17, 15) is 9.90 Å². The summed E-state index contributed by atoms with van der Waals surface area (Å²) in [7, 11) is 1.88. The highest BCUT2D eigenvalue weighted by Gasteiger charge is 2.11. The number of aromatic hydroxyl groups is 1. The smallest absolute Gasteiger partial charge is 0.255 e. The summed E-state index contributed by atoms with van der Waals surface area (Å²) in [5, 5.41) is 15.5. The lowest BCUT2D eigenvalue weighted by Crippen LogP contribution is -2.32. The molecule has 1 rings (SSSR count). The van der Waals surface area contributed by atoms with Gasteiger partial charge in [0, 0.05) is 6.54 Å². The SMILES string of the molecule is CNCC(C)CNC(=O)c1ccc(C)cc1O. The molecule has 1 unspecified atom stereocenters. The van der Waals surface area contributed by atoms with Crippen LogP contribution in [0.5, 0.6) is 5.75 Å². The van der Waals surface area contributed by atoms with Gasteiger partial charge in [-0.05, 0) is 44.1 Å². The Balaban J connectivity index is 2.58. The van der Waals surface area contributed by atoms with Gasteiger partial charge in [0.2, 0.25) is 0 Å².